The van der Waals surface area contributed by atoms with Crippen LogP contribution in [0.3, 0.4) is 0 Å². The molecule has 2 aromatic carbocycles. The Balaban J connectivity index is 1.82. The van der Waals surface area contributed by atoms with Crippen LogP contribution in [0, 0.1) is 16.7 Å². The van der Waals surface area contributed by atoms with Gasteiger partial charge in [-0.05, 0) is 55.3 Å². The van der Waals surface area contributed by atoms with Crippen molar-refractivity contribution in [1.29, 1.82) is 5.26 Å². The van der Waals surface area contributed by atoms with Crippen LogP contribution in [-0.4, -0.2) is 21.4 Å². The first kappa shape index (κ1) is 23.9. The van der Waals surface area contributed by atoms with Crippen molar-refractivity contribution in [2.75, 3.05) is 11.4 Å². The Kier molecular flexibility index (Phi) is 6.45. The number of halogens is 4. The molecular formula is C21H18ClF3N2O4S. The normalized spacial score (nSPS) is 15.8. The van der Waals surface area contributed by atoms with E-state index in [1.807, 2.05) is 6.07 Å². The summed E-state index contributed by atoms with van der Waals surface area (Å²) in [4.78, 5) is 11.8. The maximum absolute atomic E-state index is 13.1. The number of carbonyl (C=O) groups is 1. The van der Waals surface area contributed by atoms with Crippen molar-refractivity contribution in [3.05, 3.63) is 53.1 Å². The summed E-state index contributed by atoms with van der Waals surface area (Å²) in [7, 11) is -3.15. The van der Waals surface area contributed by atoms with Gasteiger partial charge in [0.2, 0.25) is 0 Å². The molecule has 1 aliphatic carbocycles. The van der Waals surface area contributed by atoms with Crippen molar-refractivity contribution in [2.24, 2.45) is 5.41 Å². The molecule has 0 heterocycles. The van der Waals surface area contributed by atoms with Gasteiger partial charge in [0.25, 0.3) is 10.0 Å². The molecule has 0 aromatic heterocycles. The van der Waals surface area contributed by atoms with Crippen LogP contribution in [0.5, 0.6) is 5.75 Å². The SMILES string of the molecule is CN(c1ccc(OC(=O)C2(C#N)CCCC2)cc1)S(=O)(=O)c1ccc(Cl)c(C(F)(F)F)c1. The summed E-state index contributed by atoms with van der Waals surface area (Å²) in [6, 6.07) is 9.76. The average Bonchev–Trinajstić information content (AvgIpc) is 3.23. The van der Waals surface area contributed by atoms with E-state index in [2.05, 4.69) is 0 Å². The molecule has 0 atom stereocenters. The molecule has 1 fully saturated rings. The number of carbonyl (C=O) groups excluding carboxylic acids is 1. The summed E-state index contributed by atoms with van der Waals surface area (Å²) in [5, 5.41) is 8.76. The van der Waals surface area contributed by atoms with E-state index in [4.69, 9.17) is 16.3 Å². The Bertz CT molecular complexity index is 1170. The first-order valence-electron chi connectivity index (χ1n) is 9.50. The molecule has 0 aliphatic heterocycles. The van der Waals surface area contributed by atoms with E-state index < -0.39 is 43.1 Å². The van der Waals surface area contributed by atoms with Gasteiger partial charge in [0.1, 0.15) is 5.75 Å². The van der Waals surface area contributed by atoms with Crippen LogP contribution < -0.4 is 9.04 Å². The predicted octanol–water partition coefficient (Wildman–Crippen LogP) is 5.17. The van der Waals surface area contributed by atoms with Crippen molar-refractivity contribution in [2.45, 2.75) is 36.8 Å². The molecule has 1 saturated carbocycles. The van der Waals surface area contributed by atoms with Gasteiger partial charge in [-0.1, -0.05) is 24.4 Å². The minimum Gasteiger partial charge on any atom is -0.425 e. The minimum atomic E-state index is -4.81. The highest BCUT2D eigenvalue weighted by molar-refractivity contribution is 7.92. The van der Waals surface area contributed by atoms with Gasteiger partial charge in [0.15, 0.2) is 5.41 Å². The molecule has 1 aliphatic rings. The Labute approximate surface area is 188 Å². The van der Waals surface area contributed by atoms with Crippen LogP contribution in [0.1, 0.15) is 31.2 Å². The van der Waals surface area contributed by atoms with Crippen LogP contribution in [0.25, 0.3) is 0 Å². The number of nitrogens with zero attached hydrogens (tertiary/aromatic N) is 2. The van der Waals surface area contributed by atoms with Crippen LogP contribution in [0.15, 0.2) is 47.4 Å². The molecular weight excluding hydrogens is 469 g/mol. The Morgan fingerprint density at radius 3 is 2.28 bits per heavy atom. The maximum Gasteiger partial charge on any atom is 0.417 e. The van der Waals surface area contributed by atoms with E-state index in [1.54, 1.807) is 0 Å². The first-order chi connectivity index (χ1) is 14.9. The molecule has 6 nitrogen and oxygen atoms in total. The molecule has 0 amide bonds. The molecule has 0 bridgehead atoms. The fourth-order valence-corrected chi connectivity index (χ4v) is 4.89. The van der Waals surface area contributed by atoms with Crippen LogP contribution >= 0.6 is 11.6 Å². The molecule has 0 saturated heterocycles. The third-order valence-electron chi connectivity index (χ3n) is 5.37. The third kappa shape index (κ3) is 4.54. The van der Waals surface area contributed by atoms with Crippen molar-refractivity contribution >= 4 is 33.3 Å². The summed E-state index contributed by atoms with van der Waals surface area (Å²) in [5.41, 5.74) is -2.30. The fraction of sp³-hybridized carbons (Fsp3) is 0.333. The first-order valence-corrected chi connectivity index (χ1v) is 11.3. The molecule has 0 N–H and O–H groups in total. The smallest absolute Gasteiger partial charge is 0.417 e. The number of benzene rings is 2. The zero-order valence-electron chi connectivity index (χ0n) is 16.8. The number of sulfonamides is 1. The number of alkyl halides is 3. The van der Waals surface area contributed by atoms with E-state index in [9.17, 15) is 31.6 Å². The Morgan fingerprint density at radius 1 is 1.16 bits per heavy atom. The van der Waals surface area contributed by atoms with Gasteiger partial charge >= 0.3 is 12.1 Å². The lowest BCUT2D eigenvalue weighted by Gasteiger charge is -2.21. The molecule has 32 heavy (non-hydrogen) atoms. The number of esters is 1. The number of anilines is 1. The number of ether oxygens (including phenoxy) is 1. The number of rotatable bonds is 5. The number of nitriles is 1. The lowest BCUT2D eigenvalue weighted by molar-refractivity contribution is -0.142. The highest BCUT2D eigenvalue weighted by Gasteiger charge is 2.43. The predicted molar refractivity (Wildman–Crippen MR) is 111 cm³/mol. The van der Waals surface area contributed by atoms with E-state index in [0.717, 1.165) is 29.3 Å². The van der Waals surface area contributed by atoms with E-state index >= 15 is 0 Å². The maximum atomic E-state index is 13.1. The van der Waals surface area contributed by atoms with Crippen molar-refractivity contribution in [3.63, 3.8) is 0 Å². The summed E-state index contributed by atoms with van der Waals surface area (Å²) in [6.45, 7) is 0. The molecule has 2 aromatic rings. The Morgan fingerprint density at radius 2 is 1.75 bits per heavy atom. The van der Waals surface area contributed by atoms with Gasteiger partial charge in [-0.25, -0.2) is 13.2 Å². The molecule has 170 valence electrons. The summed E-state index contributed by atoms with van der Waals surface area (Å²) in [6.07, 6.45) is -2.46. The number of hydrogen-bond donors (Lipinski definition) is 0. The molecule has 11 heteroatoms. The molecule has 0 unspecified atom stereocenters. The summed E-state index contributed by atoms with van der Waals surface area (Å²) >= 11 is 5.56. The van der Waals surface area contributed by atoms with Gasteiger partial charge in [0, 0.05) is 7.05 Å². The second kappa shape index (κ2) is 8.64. The van der Waals surface area contributed by atoms with E-state index in [0.29, 0.717) is 18.9 Å². The molecule has 3 rings (SSSR count). The zero-order valence-corrected chi connectivity index (χ0v) is 18.4. The van der Waals surface area contributed by atoms with Crippen LogP contribution in [-0.2, 0) is 21.0 Å². The summed E-state index contributed by atoms with van der Waals surface area (Å²) in [5.74, 6) is -0.538. The minimum absolute atomic E-state index is 0.122. The zero-order chi connectivity index (χ0) is 23.7. The lowest BCUT2D eigenvalue weighted by Crippen LogP contribution is -2.30. The van der Waals surface area contributed by atoms with Gasteiger partial charge in [-0.2, -0.15) is 18.4 Å². The summed E-state index contributed by atoms with van der Waals surface area (Å²) < 4.78 is 71.1. The Hall–Kier alpha value is -2.77. The largest absolute Gasteiger partial charge is 0.425 e. The second-order valence-electron chi connectivity index (χ2n) is 7.40. The van der Waals surface area contributed by atoms with Crippen LogP contribution in [0.4, 0.5) is 18.9 Å². The average molecular weight is 487 g/mol. The van der Waals surface area contributed by atoms with Crippen molar-refractivity contribution < 1.29 is 31.1 Å². The van der Waals surface area contributed by atoms with E-state index in [-0.39, 0.29) is 11.4 Å². The van der Waals surface area contributed by atoms with Gasteiger partial charge < -0.3 is 4.74 Å². The monoisotopic (exact) mass is 486 g/mol. The van der Waals surface area contributed by atoms with Gasteiger partial charge in [-0.3, -0.25) is 4.31 Å². The second-order valence-corrected chi connectivity index (χ2v) is 9.77. The fourth-order valence-electron chi connectivity index (χ4n) is 3.45. The quantitative estimate of drug-likeness (QED) is 0.429. The van der Waals surface area contributed by atoms with Gasteiger partial charge in [-0.15, -0.1) is 0 Å². The van der Waals surface area contributed by atoms with Gasteiger partial charge in [0.05, 0.1) is 27.2 Å². The standard InChI is InChI=1S/C21H18ClF3N2O4S/c1-27(32(29,30)16-8-9-18(22)17(12-16)21(23,24)25)14-4-6-15(7-5-14)31-19(28)20(13-26)10-2-3-11-20/h4-9,12H,2-3,10-11H2,1H3. The van der Waals surface area contributed by atoms with E-state index in [1.165, 1.54) is 31.3 Å². The highest BCUT2D eigenvalue weighted by Crippen LogP contribution is 2.39. The molecule has 0 spiro atoms. The van der Waals surface area contributed by atoms with Crippen molar-refractivity contribution in [1.82, 2.24) is 0 Å². The van der Waals surface area contributed by atoms with Crippen molar-refractivity contribution in [3.8, 4) is 11.8 Å². The highest BCUT2D eigenvalue weighted by atomic mass is 35.5. The lowest BCUT2D eigenvalue weighted by atomic mass is 9.88. The topological polar surface area (TPSA) is 87.5 Å². The third-order valence-corrected chi connectivity index (χ3v) is 7.49. The molecule has 0 radical (unpaired) electrons. The van der Waals surface area contributed by atoms with Crippen LogP contribution in [0.2, 0.25) is 5.02 Å². The number of hydrogen-bond acceptors (Lipinski definition) is 5.